The molecule has 2 fully saturated rings. The molecule has 3 rings (SSSR count). The van der Waals surface area contributed by atoms with Crippen LogP contribution in [0.5, 0.6) is 0 Å². The van der Waals surface area contributed by atoms with E-state index >= 15 is 0 Å². The van der Waals surface area contributed by atoms with Gasteiger partial charge in [0.1, 0.15) is 5.54 Å². The first-order valence-corrected chi connectivity index (χ1v) is 6.59. The van der Waals surface area contributed by atoms with Gasteiger partial charge in [-0.05, 0) is 43.4 Å². The molecule has 1 atom stereocenters. The Morgan fingerprint density at radius 2 is 2.05 bits per heavy atom. The molecule has 1 unspecified atom stereocenters. The quantitative estimate of drug-likeness (QED) is 0.869. The smallest absolute Gasteiger partial charge is 0.249 e. The zero-order valence-electron chi connectivity index (χ0n) is 10.9. The molecule has 0 bridgehead atoms. The average molecular weight is 259 g/mol. The Bertz CT molecular complexity index is 513. The summed E-state index contributed by atoms with van der Waals surface area (Å²) in [5.74, 6) is 0.263. The largest absolute Gasteiger partial charge is 0.340 e. The second-order valence-corrected chi connectivity index (χ2v) is 5.54. The van der Waals surface area contributed by atoms with E-state index < -0.39 is 5.54 Å². The van der Waals surface area contributed by atoms with Crippen LogP contribution in [-0.2, 0) is 16.1 Å². The highest BCUT2D eigenvalue weighted by Crippen LogP contribution is 2.41. The summed E-state index contributed by atoms with van der Waals surface area (Å²) in [6.07, 6.45) is 5.44. The van der Waals surface area contributed by atoms with Crippen molar-refractivity contribution in [2.75, 3.05) is 6.54 Å². The van der Waals surface area contributed by atoms with Crippen LogP contribution in [-0.4, -0.2) is 33.8 Å². The van der Waals surface area contributed by atoms with Gasteiger partial charge in [-0.2, -0.15) is 0 Å². The topological polar surface area (TPSA) is 62.3 Å². The molecule has 1 aliphatic carbocycles. The number of hydrogen-bond donors (Lipinski definition) is 1. The molecule has 1 N–H and O–H groups in total. The zero-order chi connectivity index (χ0) is 13.5. The van der Waals surface area contributed by atoms with Crippen LogP contribution in [0.4, 0.5) is 0 Å². The normalized spacial score (nSPS) is 27.3. The molecule has 2 aliphatic rings. The van der Waals surface area contributed by atoms with Crippen molar-refractivity contribution in [1.29, 1.82) is 0 Å². The number of piperazine rings is 1. The summed E-state index contributed by atoms with van der Waals surface area (Å²) >= 11 is 0. The molecular formula is C14H17N3O2. The van der Waals surface area contributed by atoms with Gasteiger partial charge in [0.15, 0.2) is 0 Å². The SMILES string of the molecule is CC1(C2CC2)NC(=O)CN(Cc2ccncc2)C1=O. The summed E-state index contributed by atoms with van der Waals surface area (Å²) in [5.41, 5.74) is 0.290. The van der Waals surface area contributed by atoms with Gasteiger partial charge >= 0.3 is 0 Å². The lowest BCUT2D eigenvalue weighted by molar-refractivity contribution is -0.150. The number of hydrogen-bond acceptors (Lipinski definition) is 3. The van der Waals surface area contributed by atoms with Gasteiger partial charge in [-0.15, -0.1) is 0 Å². The number of carbonyl (C=O) groups is 2. The fraction of sp³-hybridized carbons (Fsp3) is 0.500. The molecule has 1 saturated heterocycles. The lowest BCUT2D eigenvalue weighted by Gasteiger charge is -2.40. The zero-order valence-corrected chi connectivity index (χ0v) is 10.9. The van der Waals surface area contributed by atoms with Crippen LogP contribution in [0.15, 0.2) is 24.5 Å². The van der Waals surface area contributed by atoms with E-state index in [1.54, 1.807) is 17.3 Å². The van der Waals surface area contributed by atoms with Crippen LogP contribution in [0.25, 0.3) is 0 Å². The Hall–Kier alpha value is -1.91. The Morgan fingerprint density at radius 1 is 1.37 bits per heavy atom. The van der Waals surface area contributed by atoms with Gasteiger partial charge in [0, 0.05) is 18.9 Å². The summed E-state index contributed by atoms with van der Waals surface area (Å²) < 4.78 is 0. The molecule has 2 amide bonds. The molecule has 0 radical (unpaired) electrons. The van der Waals surface area contributed by atoms with Crippen molar-refractivity contribution in [2.24, 2.45) is 5.92 Å². The Labute approximate surface area is 112 Å². The second kappa shape index (κ2) is 4.33. The van der Waals surface area contributed by atoms with E-state index in [0.717, 1.165) is 18.4 Å². The highest BCUT2D eigenvalue weighted by atomic mass is 16.2. The van der Waals surface area contributed by atoms with Crippen molar-refractivity contribution in [3.8, 4) is 0 Å². The maximum atomic E-state index is 12.6. The average Bonchev–Trinajstić information content (AvgIpc) is 3.21. The van der Waals surface area contributed by atoms with E-state index in [-0.39, 0.29) is 18.4 Å². The Kier molecular flexibility index (Phi) is 2.77. The van der Waals surface area contributed by atoms with Gasteiger partial charge in [-0.25, -0.2) is 0 Å². The number of carbonyl (C=O) groups excluding carboxylic acids is 2. The van der Waals surface area contributed by atoms with Crippen molar-refractivity contribution >= 4 is 11.8 Å². The first-order chi connectivity index (χ1) is 9.09. The number of nitrogens with one attached hydrogen (secondary N) is 1. The van der Waals surface area contributed by atoms with E-state index in [1.807, 2.05) is 19.1 Å². The van der Waals surface area contributed by atoms with Gasteiger partial charge in [-0.1, -0.05) is 0 Å². The van der Waals surface area contributed by atoms with Crippen molar-refractivity contribution in [3.05, 3.63) is 30.1 Å². The van der Waals surface area contributed by atoms with E-state index in [1.165, 1.54) is 0 Å². The standard InChI is InChI=1S/C14H17N3O2/c1-14(11-2-3-11)13(19)17(9-12(18)16-14)8-10-4-6-15-7-5-10/h4-7,11H,2-3,8-9H2,1H3,(H,16,18). The first kappa shape index (κ1) is 12.1. The predicted octanol–water partition coefficient (Wildman–Crippen LogP) is 0.709. The van der Waals surface area contributed by atoms with Crippen molar-refractivity contribution < 1.29 is 9.59 Å². The van der Waals surface area contributed by atoms with Gasteiger partial charge in [-0.3, -0.25) is 14.6 Å². The third-order valence-corrected chi connectivity index (χ3v) is 3.98. The molecule has 0 spiro atoms. The second-order valence-electron chi connectivity index (χ2n) is 5.54. The van der Waals surface area contributed by atoms with Gasteiger partial charge < -0.3 is 10.2 Å². The minimum absolute atomic E-state index is 0.0337. The molecular weight excluding hydrogens is 242 g/mol. The van der Waals surface area contributed by atoms with Crippen LogP contribution < -0.4 is 5.32 Å². The molecule has 2 heterocycles. The van der Waals surface area contributed by atoms with Gasteiger partial charge in [0.25, 0.3) is 0 Å². The van der Waals surface area contributed by atoms with Gasteiger partial charge in [0.05, 0.1) is 6.54 Å². The maximum absolute atomic E-state index is 12.6. The molecule has 5 heteroatoms. The lowest BCUT2D eigenvalue weighted by Crippen LogP contribution is -2.66. The minimum Gasteiger partial charge on any atom is -0.340 e. The number of pyridine rings is 1. The molecule has 100 valence electrons. The summed E-state index contributed by atoms with van der Waals surface area (Å²) in [7, 11) is 0. The van der Waals surface area contributed by atoms with Crippen molar-refractivity contribution in [2.45, 2.75) is 31.8 Å². The third-order valence-electron chi connectivity index (χ3n) is 3.98. The van der Waals surface area contributed by atoms with E-state index in [2.05, 4.69) is 10.3 Å². The fourth-order valence-corrected chi connectivity index (χ4v) is 2.73. The molecule has 1 saturated carbocycles. The molecule has 1 aliphatic heterocycles. The lowest BCUT2D eigenvalue weighted by atomic mass is 9.91. The van der Waals surface area contributed by atoms with Crippen LogP contribution >= 0.6 is 0 Å². The number of aromatic nitrogens is 1. The predicted molar refractivity (Wildman–Crippen MR) is 68.9 cm³/mol. The van der Waals surface area contributed by atoms with E-state index in [9.17, 15) is 9.59 Å². The van der Waals surface area contributed by atoms with Crippen LogP contribution in [0.1, 0.15) is 25.3 Å². The number of nitrogens with zero attached hydrogens (tertiary/aromatic N) is 2. The summed E-state index contributed by atoms with van der Waals surface area (Å²) in [5, 5.41) is 2.88. The summed E-state index contributed by atoms with van der Waals surface area (Å²) in [4.78, 5) is 30.0. The van der Waals surface area contributed by atoms with E-state index in [0.29, 0.717) is 12.5 Å². The third kappa shape index (κ3) is 2.20. The highest BCUT2D eigenvalue weighted by molar-refractivity contribution is 5.98. The van der Waals surface area contributed by atoms with Crippen molar-refractivity contribution in [3.63, 3.8) is 0 Å². The first-order valence-electron chi connectivity index (χ1n) is 6.59. The van der Waals surface area contributed by atoms with E-state index in [4.69, 9.17) is 0 Å². The van der Waals surface area contributed by atoms with Crippen LogP contribution in [0.3, 0.4) is 0 Å². The number of rotatable bonds is 3. The van der Waals surface area contributed by atoms with Crippen LogP contribution in [0, 0.1) is 5.92 Å². The monoisotopic (exact) mass is 259 g/mol. The molecule has 19 heavy (non-hydrogen) atoms. The fourth-order valence-electron chi connectivity index (χ4n) is 2.73. The Balaban J connectivity index is 1.81. The maximum Gasteiger partial charge on any atom is 0.249 e. The van der Waals surface area contributed by atoms with Crippen molar-refractivity contribution in [1.82, 2.24) is 15.2 Å². The number of amides is 2. The molecule has 1 aromatic rings. The van der Waals surface area contributed by atoms with Gasteiger partial charge in [0.2, 0.25) is 11.8 Å². The highest BCUT2D eigenvalue weighted by Gasteiger charge is 2.52. The molecule has 1 aromatic heterocycles. The van der Waals surface area contributed by atoms with Crippen LogP contribution in [0.2, 0.25) is 0 Å². The Morgan fingerprint density at radius 3 is 2.68 bits per heavy atom. The minimum atomic E-state index is -0.706. The summed E-state index contributed by atoms with van der Waals surface area (Å²) in [6.45, 7) is 2.46. The molecule has 0 aromatic carbocycles. The molecule has 5 nitrogen and oxygen atoms in total. The summed E-state index contributed by atoms with van der Waals surface area (Å²) in [6, 6.07) is 3.74.